The fourth-order valence-corrected chi connectivity index (χ4v) is 3.42. The zero-order valence-corrected chi connectivity index (χ0v) is 21.6. The van der Waals surface area contributed by atoms with E-state index in [1.54, 1.807) is 68.6 Å². The van der Waals surface area contributed by atoms with E-state index in [0.717, 1.165) is 5.56 Å². The van der Waals surface area contributed by atoms with Crippen LogP contribution < -0.4 is 30.3 Å². The molecule has 3 rings (SSSR count). The molecule has 3 aromatic carbocycles. The van der Waals surface area contributed by atoms with Gasteiger partial charge in [-0.05, 0) is 54.4 Å². The van der Waals surface area contributed by atoms with Gasteiger partial charge in [0.1, 0.15) is 5.75 Å². The molecular weight excluding hydrogens is 512 g/mol. The van der Waals surface area contributed by atoms with Crippen LogP contribution in [0.5, 0.6) is 17.2 Å². The Bertz CT molecular complexity index is 1280. The maximum Gasteiger partial charge on any atom is 0.329 e. The first kappa shape index (κ1) is 28.0. The third-order valence-corrected chi connectivity index (χ3v) is 5.22. The summed E-state index contributed by atoms with van der Waals surface area (Å²) >= 11 is 6.37. The van der Waals surface area contributed by atoms with Crippen LogP contribution in [0.4, 0.5) is 5.69 Å². The fourth-order valence-electron chi connectivity index (χ4n) is 3.14. The molecule has 10 nitrogen and oxygen atoms in total. The van der Waals surface area contributed by atoms with Gasteiger partial charge in [0.2, 0.25) is 0 Å². The van der Waals surface area contributed by atoms with E-state index in [-0.39, 0.29) is 35.6 Å². The minimum absolute atomic E-state index is 0.165. The van der Waals surface area contributed by atoms with Gasteiger partial charge >= 0.3 is 11.8 Å². The van der Waals surface area contributed by atoms with Crippen LogP contribution in [0.25, 0.3) is 0 Å². The van der Waals surface area contributed by atoms with E-state index in [2.05, 4.69) is 21.2 Å². The molecule has 3 aromatic rings. The molecule has 11 heteroatoms. The van der Waals surface area contributed by atoms with Crippen molar-refractivity contribution < 1.29 is 28.6 Å². The van der Waals surface area contributed by atoms with Crippen molar-refractivity contribution in [3.05, 3.63) is 82.9 Å². The van der Waals surface area contributed by atoms with Gasteiger partial charge in [0.05, 0.1) is 25.0 Å². The van der Waals surface area contributed by atoms with Crippen LogP contribution in [0.2, 0.25) is 5.02 Å². The molecule has 0 saturated carbocycles. The highest BCUT2D eigenvalue weighted by Gasteiger charge is 2.15. The number of benzene rings is 3. The van der Waals surface area contributed by atoms with Gasteiger partial charge in [0.15, 0.2) is 18.1 Å². The van der Waals surface area contributed by atoms with Gasteiger partial charge in [-0.15, -0.1) is 0 Å². The molecule has 0 fully saturated rings. The molecule has 0 unspecified atom stereocenters. The summed E-state index contributed by atoms with van der Waals surface area (Å²) in [6.07, 6.45) is 1.30. The molecule has 0 aliphatic carbocycles. The van der Waals surface area contributed by atoms with Crippen molar-refractivity contribution in [3.63, 3.8) is 0 Å². The minimum atomic E-state index is -0.935. The molecule has 3 N–H and O–H groups in total. The van der Waals surface area contributed by atoms with Gasteiger partial charge in [-0.1, -0.05) is 41.9 Å². The number of rotatable bonds is 11. The lowest BCUT2D eigenvalue weighted by molar-refractivity contribution is -0.139. The molecule has 0 bridgehead atoms. The summed E-state index contributed by atoms with van der Waals surface area (Å²) in [5.74, 6) is -0.978. The fraction of sp³-hybridized carbons (Fsp3) is 0.185. The number of ether oxygens (including phenoxy) is 3. The van der Waals surface area contributed by atoms with Crippen molar-refractivity contribution in [2.24, 2.45) is 5.10 Å². The van der Waals surface area contributed by atoms with E-state index in [9.17, 15) is 14.4 Å². The number of anilines is 1. The van der Waals surface area contributed by atoms with Crippen LogP contribution in [0.3, 0.4) is 0 Å². The third-order valence-electron chi connectivity index (χ3n) is 4.93. The Hall–Kier alpha value is -4.57. The molecule has 0 saturated heterocycles. The van der Waals surface area contributed by atoms with Crippen LogP contribution in [-0.2, 0) is 20.9 Å². The first-order chi connectivity index (χ1) is 18.4. The number of nitrogens with zero attached hydrogens (tertiary/aromatic N) is 1. The van der Waals surface area contributed by atoms with Crippen molar-refractivity contribution in [2.75, 3.05) is 25.6 Å². The predicted octanol–water partition coefficient (Wildman–Crippen LogP) is 3.53. The highest BCUT2D eigenvalue weighted by atomic mass is 35.5. The summed E-state index contributed by atoms with van der Waals surface area (Å²) < 4.78 is 16.3. The number of carbonyl (C=O) groups excluding carboxylic acids is 3. The summed E-state index contributed by atoms with van der Waals surface area (Å²) in [4.78, 5) is 36.3. The van der Waals surface area contributed by atoms with E-state index in [0.29, 0.717) is 23.6 Å². The van der Waals surface area contributed by atoms with E-state index in [4.69, 9.17) is 25.8 Å². The molecule has 0 atom stereocenters. The molecule has 0 aliphatic rings. The average molecular weight is 539 g/mol. The zero-order valence-electron chi connectivity index (χ0n) is 20.8. The van der Waals surface area contributed by atoms with Crippen LogP contribution in [-0.4, -0.2) is 44.3 Å². The second kappa shape index (κ2) is 14.2. The number of hydrogen-bond donors (Lipinski definition) is 3. The SMILES string of the molecule is CCOc1cc(/C=N\NC(=O)C(=O)NCc2ccc(OC)cc2)cc(Cl)c1OCC(=O)Nc1ccccc1. The molecule has 0 radical (unpaired) electrons. The van der Waals surface area contributed by atoms with Gasteiger partial charge in [-0.25, -0.2) is 5.43 Å². The molecule has 0 aromatic heterocycles. The Morgan fingerprint density at radius 3 is 2.39 bits per heavy atom. The Labute approximate surface area is 224 Å². The van der Waals surface area contributed by atoms with Gasteiger partial charge in [0.25, 0.3) is 5.91 Å². The lowest BCUT2D eigenvalue weighted by Gasteiger charge is -2.14. The number of halogens is 1. The van der Waals surface area contributed by atoms with Gasteiger partial charge < -0.3 is 24.8 Å². The van der Waals surface area contributed by atoms with E-state index >= 15 is 0 Å². The monoisotopic (exact) mass is 538 g/mol. The summed E-state index contributed by atoms with van der Waals surface area (Å²) in [6.45, 7) is 1.97. The highest BCUT2D eigenvalue weighted by Crippen LogP contribution is 2.36. The Kier molecular flexibility index (Phi) is 10.5. The van der Waals surface area contributed by atoms with Crippen molar-refractivity contribution in [1.29, 1.82) is 0 Å². The molecule has 0 heterocycles. The summed E-state index contributed by atoms with van der Waals surface area (Å²) in [5, 5.41) is 9.21. The summed E-state index contributed by atoms with van der Waals surface area (Å²) in [6, 6.07) is 19.1. The number of carbonyl (C=O) groups is 3. The number of methoxy groups -OCH3 is 1. The largest absolute Gasteiger partial charge is 0.497 e. The summed E-state index contributed by atoms with van der Waals surface area (Å²) in [5.41, 5.74) is 4.07. The van der Waals surface area contributed by atoms with E-state index in [1.807, 2.05) is 6.07 Å². The number of hydrazone groups is 1. The zero-order chi connectivity index (χ0) is 27.3. The van der Waals surface area contributed by atoms with Crippen molar-refractivity contribution in [3.8, 4) is 17.2 Å². The summed E-state index contributed by atoms with van der Waals surface area (Å²) in [7, 11) is 1.56. The lowest BCUT2D eigenvalue weighted by atomic mass is 10.2. The second-order valence-electron chi connectivity index (χ2n) is 7.70. The van der Waals surface area contributed by atoms with Crippen LogP contribution in [0, 0.1) is 0 Å². The second-order valence-corrected chi connectivity index (χ2v) is 8.10. The van der Waals surface area contributed by atoms with Gasteiger partial charge in [-0.3, -0.25) is 14.4 Å². The topological polar surface area (TPSA) is 127 Å². The Morgan fingerprint density at radius 1 is 0.974 bits per heavy atom. The molecule has 0 spiro atoms. The number of amides is 3. The average Bonchev–Trinajstić information content (AvgIpc) is 2.92. The number of nitrogens with one attached hydrogen (secondary N) is 3. The van der Waals surface area contributed by atoms with Crippen LogP contribution in [0.1, 0.15) is 18.1 Å². The predicted molar refractivity (Wildman–Crippen MR) is 144 cm³/mol. The normalized spacial score (nSPS) is 10.5. The third kappa shape index (κ3) is 8.52. The van der Waals surface area contributed by atoms with Crippen molar-refractivity contribution in [1.82, 2.24) is 10.7 Å². The first-order valence-electron chi connectivity index (χ1n) is 11.6. The highest BCUT2D eigenvalue weighted by molar-refractivity contribution is 6.35. The number of para-hydroxylation sites is 1. The molecule has 198 valence electrons. The van der Waals surface area contributed by atoms with E-state index in [1.165, 1.54) is 12.3 Å². The maximum absolute atomic E-state index is 12.2. The smallest absolute Gasteiger partial charge is 0.329 e. The standard InChI is InChI=1S/C27H27ClN4O6/c1-3-37-23-14-19(13-22(28)25(23)38-17-24(33)31-20-7-5-4-6-8-20)16-30-32-27(35)26(34)29-15-18-9-11-21(36-2)12-10-18/h4-14,16H,3,15,17H2,1-2H3,(H,29,34)(H,31,33)(H,32,35)/b30-16-. The minimum Gasteiger partial charge on any atom is -0.497 e. The Balaban J connectivity index is 1.55. The quantitative estimate of drug-likeness (QED) is 0.195. The van der Waals surface area contributed by atoms with Crippen LogP contribution >= 0.6 is 11.6 Å². The first-order valence-corrected chi connectivity index (χ1v) is 12.0. The van der Waals surface area contributed by atoms with E-state index < -0.39 is 11.8 Å². The Morgan fingerprint density at radius 2 is 1.71 bits per heavy atom. The molecular formula is C27H27ClN4O6. The van der Waals surface area contributed by atoms with Crippen molar-refractivity contribution in [2.45, 2.75) is 13.5 Å². The van der Waals surface area contributed by atoms with Gasteiger partial charge in [-0.2, -0.15) is 5.10 Å². The van der Waals surface area contributed by atoms with Gasteiger partial charge in [0, 0.05) is 12.2 Å². The molecule has 38 heavy (non-hydrogen) atoms. The maximum atomic E-state index is 12.2. The van der Waals surface area contributed by atoms with Crippen LogP contribution in [0.15, 0.2) is 71.8 Å². The number of hydrogen-bond acceptors (Lipinski definition) is 7. The lowest BCUT2D eigenvalue weighted by Crippen LogP contribution is -2.37. The molecule has 0 aliphatic heterocycles. The van der Waals surface area contributed by atoms with Crippen molar-refractivity contribution >= 4 is 41.2 Å². The molecule has 3 amide bonds.